The molecule has 19 heavy (non-hydrogen) atoms. The van der Waals surface area contributed by atoms with E-state index in [1.807, 2.05) is 7.05 Å². The minimum Gasteiger partial charge on any atom is -0.396 e. The molecular weight excluding hydrogens is 266 g/mol. The average molecular weight is 291 g/mol. The number of piperazine rings is 1. The third-order valence-electron chi connectivity index (χ3n) is 4.31. The Labute approximate surface area is 116 Å². The molecule has 0 aromatic carbocycles. The van der Waals surface area contributed by atoms with Crippen molar-refractivity contribution in [3.05, 3.63) is 0 Å². The molecule has 2 heterocycles. The maximum Gasteiger partial charge on any atom is 0.282 e. The standard InChI is InChI=1S/C12H25N3O3S/c1-11-8-15(7-6-13(11)2)19(17,18)14-5-3-4-12(9-14)10-16/h11-12,16H,3-10H2,1-2H3. The first-order valence-electron chi connectivity index (χ1n) is 7.01. The van der Waals surface area contributed by atoms with E-state index in [2.05, 4.69) is 11.8 Å². The third-order valence-corrected chi connectivity index (χ3v) is 6.28. The van der Waals surface area contributed by atoms with Crippen molar-refractivity contribution in [2.24, 2.45) is 5.92 Å². The van der Waals surface area contributed by atoms with Crippen LogP contribution in [0.15, 0.2) is 0 Å². The van der Waals surface area contributed by atoms with Gasteiger partial charge in [-0.1, -0.05) is 0 Å². The van der Waals surface area contributed by atoms with Crippen molar-refractivity contribution in [3.8, 4) is 0 Å². The molecule has 0 radical (unpaired) electrons. The highest BCUT2D eigenvalue weighted by molar-refractivity contribution is 7.86. The quantitative estimate of drug-likeness (QED) is 0.766. The Morgan fingerprint density at radius 2 is 1.84 bits per heavy atom. The van der Waals surface area contributed by atoms with Crippen LogP contribution in [0.4, 0.5) is 0 Å². The summed E-state index contributed by atoms with van der Waals surface area (Å²) in [6.07, 6.45) is 1.76. The normalized spacial score (nSPS) is 32.6. The van der Waals surface area contributed by atoms with Gasteiger partial charge in [0.15, 0.2) is 0 Å². The molecule has 2 rings (SSSR count). The number of rotatable bonds is 3. The second kappa shape index (κ2) is 6.05. The molecule has 2 aliphatic rings. The Kier molecular flexibility index (Phi) is 4.84. The molecule has 7 heteroatoms. The number of hydrogen-bond acceptors (Lipinski definition) is 4. The minimum absolute atomic E-state index is 0.0746. The van der Waals surface area contributed by atoms with Gasteiger partial charge in [0, 0.05) is 45.4 Å². The topological polar surface area (TPSA) is 64.1 Å². The molecule has 1 N–H and O–H groups in total. The van der Waals surface area contributed by atoms with Crippen molar-refractivity contribution in [1.29, 1.82) is 0 Å². The molecule has 0 aliphatic carbocycles. The van der Waals surface area contributed by atoms with Crippen molar-refractivity contribution in [2.75, 3.05) is 46.4 Å². The fourth-order valence-corrected chi connectivity index (χ4v) is 4.58. The Balaban J connectivity index is 2.05. The number of nitrogens with zero attached hydrogens (tertiary/aromatic N) is 3. The zero-order valence-corrected chi connectivity index (χ0v) is 12.6. The first kappa shape index (κ1) is 15.2. The molecule has 0 bridgehead atoms. The van der Waals surface area contributed by atoms with Crippen LogP contribution < -0.4 is 0 Å². The zero-order chi connectivity index (χ0) is 14.0. The monoisotopic (exact) mass is 291 g/mol. The van der Waals surface area contributed by atoms with E-state index in [0.29, 0.717) is 26.2 Å². The summed E-state index contributed by atoms with van der Waals surface area (Å²) >= 11 is 0. The summed E-state index contributed by atoms with van der Waals surface area (Å²) in [5, 5.41) is 9.22. The molecule has 0 aromatic heterocycles. The average Bonchev–Trinajstić information content (AvgIpc) is 2.41. The first-order chi connectivity index (χ1) is 8.95. The van der Waals surface area contributed by atoms with Crippen LogP contribution in [0, 0.1) is 5.92 Å². The molecule has 2 unspecified atom stereocenters. The van der Waals surface area contributed by atoms with Gasteiger partial charge in [0.05, 0.1) is 0 Å². The molecule has 112 valence electrons. The van der Waals surface area contributed by atoms with E-state index in [4.69, 9.17) is 0 Å². The van der Waals surface area contributed by atoms with Gasteiger partial charge in [-0.25, -0.2) is 0 Å². The van der Waals surface area contributed by atoms with E-state index in [9.17, 15) is 13.5 Å². The summed E-state index contributed by atoms with van der Waals surface area (Å²) in [7, 11) is -1.33. The summed E-state index contributed by atoms with van der Waals surface area (Å²) in [6.45, 7) is 5.05. The Morgan fingerprint density at radius 3 is 2.47 bits per heavy atom. The molecular formula is C12H25N3O3S. The van der Waals surface area contributed by atoms with Crippen LogP contribution in [0.25, 0.3) is 0 Å². The van der Waals surface area contributed by atoms with Crippen molar-refractivity contribution in [1.82, 2.24) is 13.5 Å². The highest BCUT2D eigenvalue weighted by Gasteiger charge is 2.36. The second-order valence-electron chi connectivity index (χ2n) is 5.74. The van der Waals surface area contributed by atoms with Crippen LogP contribution >= 0.6 is 0 Å². The highest BCUT2D eigenvalue weighted by Crippen LogP contribution is 2.22. The van der Waals surface area contributed by atoms with Crippen molar-refractivity contribution < 1.29 is 13.5 Å². The number of aliphatic hydroxyl groups excluding tert-OH is 1. The Hall–Kier alpha value is -0.210. The van der Waals surface area contributed by atoms with E-state index in [1.165, 1.54) is 0 Å². The highest BCUT2D eigenvalue weighted by atomic mass is 32.2. The van der Waals surface area contributed by atoms with Crippen LogP contribution in [-0.2, 0) is 10.2 Å². The molecule has 0 amide bonds. The van der Waals surface area contributed by atoms with Gasteiger partial charge in [0.2, 0.25) is 0 Å². The van der Waals surface area contributed by atoms with E-state index in [0.717, 1.165) is 19.4 Å². The summed E-state index contributed by atoms with van der Waals surface area (Å²) < 4.78 is 28.4. The van der Waals surface area contributed by atoms with E-state index < -0.39 is 10.2 Å². The smallest absolute Gasteiger partial charge is 0.282 e. The number of likely N-dealkylation sites (N-methyl/N-ethyl adjacent to an activating group) is 1. The third kappa shape index (κ3) is 3.28. The van der Waals surface area contributed by atoms with Gasteiger partial charge in [-0.3, -0.25) is 0 Å². The van der Waals surface area contributed by atoms with E-state index in [1.54, 1.807) is 8.61 Å². The SMILES string of the molecule is CC1CN(S(=O)(=O)N2CCCC(CO)C2)CCN1C. The second-order valence-corrected chi connectivity index (χ2v) is 7.67. The first-order valence-corrected chi connectivity index (χ1v) is 8.41. The maximum atomic E-state index is 12.6. The van der Waals surface area contributed by atoms with Crippen LogP contribution in [0.3, 0.4) is 0 Å². The molecule has 2 saturated heterocycles. The molecule has 6 nitrogen and oxygen atoms in total. The number of piperidine rings is 1. The van der Waals surface area contributed by atoms with E-state index >= 15 is 0 Å². The lowest BCUT2D eigenvalue weighted by atomic mass is 10.0. The van der Waals surface area contributed by atoms with Gasteiger partial charge in [0.25, 0.3) is 10.2 Å². The van der Waals surface area contributed by atoms with Gasteiger partial charge >= 0.3 is 0 Å². The van der Waals surface area contributed by atoms with Crippen LogP contribution in [0.1, 0.15) is 19.8 Å². The fourth-order valence-electron chi connectivity index (χ4n) is 2.77. The zero-order valence-electron chi connectivity index (χ0n) is 11.8. The van der Waals surface area contributed by atoms with Crippen LogP contribution in [0.2, 0.25) is 0 Å². The van der Waals surface area contributed by atoms with Crippen molar-refractivity contribution >= 4 is 10.2 Å². The van der Waals surface area contributed by atoms with Gasteiger partial charge < -0.3 is 10.0 Å². The molecule has 2 fully saturated rings. The van der Waals surface area contributed by atoms with Crippen molar-refractivity contribution in [3.63, 3.8) is 0 Å². The predicted molar refractivity (Wildman–Crippen MR) is 74.0 cm³/mol. The Bertz CT molecular complexity index is 389. The van der Waals surface area contributed by atoms with Gasteiger partial charge in [-0.15, -0.1) is 0 Å². The lowest BCUT2D eigenvalue weighted by molar-refractivity contribution is 0.137. The molecule has 0 saturated carbocycles. The fraction of sp³-hybridized carbons (Fsp3) is 1.00. The summed E-state index contributed by atoms with van der Waals surface area (Å²) in [4.78, 5) is 2.18. The summed E-state index contributed by atoms with van der Waals surface area (Å²) in [5.74, 6) is 0.0911. The van der Waals surface area contributed by atoms with Crippen LogP contribution in [0.5, 0.6) is 0 Å². The largest absolute Gasteiger partial charge is 0.396 e. The molecule has 0 aromatic rings. The summed E-state index contributed by atoms with van der Waals surface area (Å²) in [6, 6.07) is 0.252. The summed E-state index contributed by atoms with van der Waals surface area (Å²) in [5.41, 5.74) is 0. The molecule has 0 spiro atoms. The predicted octanol–water partition coefficient (Wildman–Crippen LogP) is -0.429. The van der Waals surface area contributed by atoms with Crippen molar-refractivity contribution in [2.45, 2.75) is 25.8 Å². The van der Waals surface area contributed by atoms with E-state index in [-0.39, 0.29) is 18.6 Å². The number of hydrogen-bond donors (Lipinski definition) is 1. The molecule has 2 atom stereocenters. The van der Waals surface area contributed by atoms with Gasteiger partial charge in [-0.05, 0) is 32.7 Å². The maximum absolute atomic E-state index is 12.6. The Morgan fingerprint density at radius 1 is 1.16 bits per heavy atom. The van der Waals surface area contributed by atoms with Crippen LogP contribution in [-0.4, -0.2) is 79.5 Å². The molecule has 2 aliphatic heterocycles. The van der Waals surface area contributed by atoms with Gasteiger partial charge in [-0.2, -0.15) is 17.0 Å². The minimum atomic E-state index is -3.36. The number of aliphatic hydroxyl groups is 1. The lowest BCUT2D eigenvalue weighted by Crippen LogP contribution is -2.56. The van der Waals surface area contributed by atoms with Gasteiger partial charge in [0.1, 0.15) is 0 Å². The lowest BCUT2D eigenvalue weighted by Gasteiger charge is -2.40.